The molecule has 162 valence electrons. The van der Waals surface area contributed by atoms with E-state index in [1.807, 2.05) is 31.2 Å². The van der Waals surface area contributed by atoms with Crippen molar-refractivity contribution in [1.29, 1.82) is 0 Å². The number of carbonyl (C=O) groups excluding carboxylic acids is 3. The summed E-state index contributed by atoms with van der Waals surface area (Å²) in [5.74, 6) is -0.488. The number of nitrogens with zero attached hydrogens (tertiary/aromatic N) is 3. The number of para-hydroxylation sites is 1. The molecule has 1 aliphatic heterocycles. The minimum Gasteiger partial charge on any atom is -0.335 e. The fourth-order valence-electron chi connectivity index (χ4n) is 3.75. The number of rotatable bonds is 4. The summed E-state index contributed by atoms with van der Waals surface area (Å²) < 4.78 is 0. The molecule has 7 nitrogen and oxygen atoms in total. The number of aromatic nitrogens is 1. The molecule has 0 radical (unpaired) electrons. The van der Waals surface area contributed by atoms with E-state index in [4.69, 9.17) is 0 Å². The minimum atomic E-state index is -0.297. The first-order valence-corrected chi connectivity index (χ1v) is 10.5. The molecule has 3 aromatic rings. The van der Waals surface area contributed by atoms with Gasteiger partial charge in [-0.1, -0.05) is 30.3 Å². The topological polar surface area (TPSA) is 82.6 Å². The second-order valence-corrected chi connectivity index (χ2v) is 7.64. The van der Waals surface area contributed by atoms with Crippen LogP contribution in [0.25, 0.3) is 0 Å². The molecule has 0 saturated carbocycles. The second kappa shape index (κ2) is 9.43. The largest absolute Gasteiger partial charge is 0.335 e. The number of carbonyl (C=O) groups is 3. The minimum absolute atomic E-state index is 0.0291. The molecule has 4 rings (SSSR count). The van der Waals surface area contributed by atoms with Gasteiger partial charge in [-0.15, -0.1) is 0 Å². The van der Waals surface area contributed by atoms with Crippen LogP contribution in [-0.2, 0) is 0 Å². The smallest absolute Gasteiger partial charge is 0.256 e. The average molecular weight is 428 g/mol. The van der Waals surface area contributed by atoms with Gasteiger partial charge < -0.3 is 15.1 Å². The highest BCUT2D eigenvalue weighted by molar-refractivity contribution is 6.09. The third-order valence-corrected chi connectivity index (χ3v) is 5.56. The van der Waals surface area contributed by atoms with Gasteiger partial charge in [-0.2, -0.15) is 0 Å². The highest BCUT2D eigenvalue weighted by Gasteiger charge is 2.27. The summed E-state index contributed by atoms with van der Waals surface area (Å²) in [6.07, 6.45) is 3.10. The zero-order valence-electron chi connectivity index (χ0n) is 17.8. The summed E-state index contributed by atoms with van der Waals surface area (Å²) in [4.78, 5) is 46.1. The lowest BCUT2D eigenvalue weighted by Gasteiger charge is -2.35. The third kappa shape index (κ3) is 4.51. The van der Waals surface area contributed by atoms with Crippen LogP contribution in [0.4, 0.5) is 5.69 Å². The molecule has 1 aliphatic rings. The Kier molecular flexibility index (Phi) is 6.26. The maximum atomic E-state index is 13.3. The standard InChI is InChI=1S/C25H24N4O3/c1-18-6-5-9-21(22(18)27-23(30)19-10-12-26-13-11-19)25(32)29-16-14-28(15-17-29)24(31)20-7-3-2-4-8-20/h2-13H,14-17H2,1H3,(H,27,30). The van der Waals surface area contributed by atoms with Gasteiger partial charge in [0.25, 0.3) is 17.7 Å². The van der Waals surface area contributed by atoms with E-state index in [-0.39, 0.29) is 17.7 Å². The molecule has 7 heteroatoms. The van der Waals surface area contributed by atoms with E-state index in [0.29, 0.717) is 48.6 Å². The Morgan fingerprint density at radius 2 is 1.38 bits per heavy atom. The van der Waals surface area contributed by atoms with Crippen LogP contribution in [0.5, 0.6) is 0 Å². The molecule has 2 aromatic carbocycles. The maximum absolute atomic E-state index is 13.3. The molecule has 32 heavy (non-hydrogen) atoms. The maximum Gasteiger partial charge on any atom is 0.256 e. The van der Waals surface area contributed by atoms with Crippen LogP contribution in [-0.4, -0.2) is 58.7 Å². The lowest BCUT2D eigenvalue weighted by atomic mass is 10.1. The Balaban J connectivity index is 1.47. The second-order valence-electron chi connectivity index (χ2n) is 7.64. The number of hydrogen-bond acceptors (Lipinski definition) is 4. The number of aryl methyl sites for hydroxylation is 1. The van der Waals surface area contributed by atoms with Crippen molar-refractivity contribution in [3.8, 4) is 0 Å². The summed E-state index contributed by atoms with van der Waals surface area (Å²) in [7, 11) is 0. The first-order chi connectivity index (χ1) is 15.5. The molecular weight excluding hydrogens is 404 g/mol. The van der Waals surface area contributed by atoms with Gasteiger partial charge in [-0.3, -0.25) is 19.4 Å². The number of piperazine rings is 1. The zero-order chi connectivity index (χ0) is 22.5. The predicted molar refractivity (Wildman–Crippen MR) is 122 cm³/mol. The van der Waals surface area contributed by atoms with E-state index < -0.39 is 0 Å². The normalized spacial score (nSPS) is 13.5. The van der Waals surface area contributed by atoms with E-state index in [9.17, 15) is 14.4 Å². The van der Waals surface area contributed by atoms with Crippen LogP contribution in [0.2, 0.25) is 0 Å². The van der Waals surface area contributed by atoms with E-state index in [0.717, 1.165) is 5.56 Å². The van der Waals surface area contributed by atoms with Gasteiger partial charge in [0.15, 0.2) is 0 Å². The Hall–Kier alpha value is -4.00. The quantitative estimate of drug-likeness (QED) is 0.692. The molecular formula is C25H24N4O3. The van der Waals surface area contributed by atoms with Crippen molar-refractivity contribution < 1.29 is 14.4 Å². The molecule has 1 N–H and O–H groups in total. The van der Waals surface area contributed by atoms with Crippen molar-refractivity contribution in [2.75, 3.05) is 31.5 Å². The lowest BCUT2D eigenvalue weighted by molar-refractivity contribution is 0.0536. The van der Waals surface area contributed by atoms with Gasteiger partial charge in [0.05, 0.1) is 11.3 Å². The summed E-state index contributed by atoms with van der Waals surface area (Å²) >= 11 is 0. The Labute approximate surface area is 186 Å². The van der Waals surface area contributed by atoms with E-state index >= 15 is 0 Å². The molecule has 2 heterocycles. The summed E-state index contributed by atoms with van der Waals surface area (Å²) in [5.41, 5.74) is 2.86. The Morgan fingerprint density at radius 1 is 0.750 bits per heavy atom. The molecule has 0 atom stereocenters. The van der Waals surface area contributed by atoms with Crippen molar-refractivity contribution in [3.05, 3.63) is 95.3 Å². The molecule has 3 amide bonds. The number of pyridine rings is 1. The van der Waals surface area contributed by atoms with Crippen molar-refractivity contribution >= 4 is 23.4 Å². The average Bonchev–Trinajstić information content (AvgIpc) is 2.85. The van der Waals surface area contributed by atoms with E-state index in [2.05, 4.69) is 10.3 Å². The fraction of sp³-hybridized carbons (Fsp3) is 0.200. The molecule has 0 aliphatic carbocycles. The molecule has 0 bridgehead atoms. The first kappa shape index (κ1) is 21.2. The van der Waals surface area contributed by atoms with Crippen LogP contribution < -0.4 is 5.32 Å². The van der Waals surface area contributed by atoms with Crippen molar-refractivity contribution in [2.24, 2.45) is 0 Å². The summed E-state index contributed by atoms with van der Waals surface area (Å²) in [5, 5.41) is 2.88. The van der Waals surface area contributed by atoms with Crippen LogP contribution >= 0.6 is 0 Å². The molecule has 0 unspecified atom stereocenters. The van der Waals surface area contributed by atoms with Crippen molar-refractivity contribution in [2.45, 2.75) is 6.92 Å². The predicted octanol–water partition coefficient (Wildman–Crippen LogP) is 3.24. The summed E-state index contributed by atoms with van der Waals surface area (Å²) in [6, 6.07) is 17.8. The van der Waals surface area contributed by atoms with Crippen molar-refractivity contribution in [3.63, 3.8) is 0 Å². The number of benzene rings is 2. The van der Waals surface area contributed by atoms with Gasteiger partial charge >= 0.3 is 0 Å². The number of anilines is 1. The third-order valence-electron chi connectivity index (χ3n) is 5.56. The molecule has 1 aromatic heterocycles. The molecule has 1 fully saturated rings. The van der Waals surface area contributed by atoms with Gasteiger partial charge in [-0.05, 0) is 42.8 Å². The Morgan fingerprint density at radius 3 is 2.03 bits per heavy atom. The van der Waals surface area contributed by atoms with Crippen molar-refractivity contribution in [1.82, 2.24) is 14.8 Å². The van der Waals surface area contributed by atoms with Crippen LogP contribution in [0.15, 0.2) is 73.1 Å². The lowest BCUT2D eigenvalue weighted by Crippen LogP contribution is -2.50. The van der Waals surface area contributed by atoms with Crippen LogP contribution in [0, 0.1) is 6.92 Å². The Bertz CT molecular complexity index is 1120. The fourth-order valence-corrected chi connectivity index (χ4v) is 3.75. The summed E-state index contributed by atoms with van der Waals surface area (Å²) in [6.45, 7) is 3.65. The van der Waals surface area contributed by atoms with Gasteiger partial charge in [0.2, 0.25) is 0 Å². The number of amides is 3. The highest BCUT2D eigenvalue weighted by atomic mass is 16.2. The molecule has 0 spiro atoms. The van der Waals surface area contributed by atoms with Gasteiger partial charge in [0.1, 0.15) is 0 Å². The first-order valence-electron chi connectivity index (χ1n) is 10.5. The van der Waals surface area contributed by atoms with E-state index in [1.54, 1.807) is 58.6 Å². The highest BCUT2D eigenvalue weighted by Crippen LogP contribution is 2.24. The van der Waals surface area contributed by atoms with Crippen LogP contribution in [0.3, 0.4) is 0 Å². The SMILES string of the molecule is Cc1cccc(C(=O)N2CCN(C(=O)c3ccccc3)CC2)c1NC(=O)c1ccncc1. The monoisotopic (exact) mass is 428 g/mol. The molecule has 1 saturated heterocycles. The van der Waals surface area contributed by atoms with E-state index in [1.165, 1.54) is 0 Å². The zero-order valence-corrected chi connectivity index (χ0v) is 17.8. The van der Waals surface area contributed by atoms with Gasteiger partial charge in [-0.25, -0.2) is 0 Å². The number of nitrogens with one attached hydrogen (secondary N) is 1. The number of hydrogen-bond donors (Lipinski definition) is 1. The van der Waals surface area contributed by atoms with Crippen LogP contribution in [0.1, 0.15) is 36.6 Å². The van der Waals surface area contributed by atoms with Gasteiger partial charge in [0, 0.05) is 49.7 Å².